The molecule has 0 unspecified atom stereocenters. The molecule has 0 spiro atoms. The zero-order valence-corrected chi connectivity index (χ0v) is 16.7. The summed E-state index contributed by atoms with van der Waals surface area (Å²) in [7, 11) is 0. The summed E-state index contributed by atoms with van der Waals surface area (Å²) < 4.78 is 10.2. The quantitative estimate of drug-likeness (QED) is 0.356. The zero-order valence-electron chi connectivity index (χ0n) is 16.7. The van der Waals surface area contributed by atoms with E-state index in [0.29, 0.717) is 18.7 Å². The van der Waals surface area contributed by atoms with E-state index in [4.69, 9.17) is 14.9 Å². The SMILES string of the molecule is CCCCCCOC(=O)NC(=N)c1ccc(CNC(=O)OC(C)(C)C)cc1. The van der Waals surface area contributed by atoms with E-state index in [0.717, 1.165) is 31.2 Å². The van der Waals surface area contributed by atoms with Crippen LogP contribution in [0.1, 0.15) is 64.5 Å². The third-order valence-electron chi connectivity index (χ3n) is 3.54. The molecule has 3 N–H and O–H groups in total. The van der Waals surface area contributed by atoms with E-state index in [2.05, 4.69) is 17.6 Å². The highest BCUT2D eigenvalue weighted by Crippen LogP contribution is 2.08. The zero-order chi connectivity index (χ0) is 20.3. The van der Waals surface area contributed by atoms with Crippen LogP contribution < -0.4 is 10.6 Å². The molecule has 2 amide bonds. The maximum absolute atomic E-state index is 11.7. The summed E-state index contributed by atoms with van der Waals surface area (Å²) in [6, 6.07) is 6.96. The molecule has 1 aromatic carbocycles. The number of carbonyl (C=O) groups excluding carboxylic acids is 2. The van der Waals surface area contributed by atoms with Crippen LogP contribution in [-0.2, 0) is 16.0 Å². The fraction of sp³-hybridized carbons (Fsp3) is 0.550. The Morgan fingerprint density at radius 1 is 1.04 bits per heavy atom. The molecule has 0 saturated heterocycles. The van der Waals surface area contributed by atoms with Gasteiger partial charge in [0, 0.05) is 12.1 Å². The fourth-order valence-corrected chi connectivity index (χ4v) is 2.18. The molecule has 0 aliphatic rings. The van der Waals surface area contributed by atoms with Crippen LogP contribution in [0.5, 0.6) is 0 Å². The summed E-state index contributed by atoms with van der Waals surface area (Å²) in [6.07, 6.45) is 3.00. The Bertz CT molecular complexity index is 621. The lowest BCUT2D eigenvalue weighted by Gasteiger charge is -2.19. The first kappa shape index (κ1) is 22.5. The summed E-state index contributed by atoms with van der Waals surface area (Å²) >= 11 is 0. The molecule has 0 saturated carbocycles. The number of alkyl carbamates (subject to hydrolysis) is 2. The van der Waals surface area contributed by atoms with Gasteiger partial charge in [0.15, 0.2) is 0 Å². The molecule has 27 heavy (non-hydrogen) atoms. The molecule has 0 heterocycles. The van der Waals surface area contributed by atoms with Gasteiger partial charge < -0.3 is 14.8 Å². The van der Waals surface area contributed by atoms with E-state index in [9.17, 15) is 9.59 Å². The van der Waals surface area contributed by atoms with Crippen molar-refractivity contribution in [3.63, 3.8) is 0 Å². The first-order valence-corrected chi connectivity index (χ1v) is 9.29. The highest BCUT2D eigenvalue weighted by atomic mass is 16.6. The Hall–Kier alpha value is -2.57. The van der Waals surface area contributed by atoms with Crippen molar-refractivity contribution in [1.29, 1.82) is 5.41 Å². The molecule has 0 aliphatic carbocycles. The van der Waals surface area contributed by atoms with Crippen molar-refractivity contribution < 1.29 is 19.1 Å². The number of carbonyl (C=O) groups is 2. The Balaban J connectivity index is 2.38. The predicted octanol–water partition coefficient (Wildman–Crippen LogP) is 4.34. The average molecular weight is 377 g/mol. The van der Waals surface area contributed by atoms with Crippen LogP contribution >= 0.6 is 0 Å². The number of benzene rings is 1. The monoisotopic (exact) mass is 377 g/mol. The van der Waals surface area contributed by atoms with Crippen LogP contribution in [0.15, 0.2) is 24.3 Å². The second-order valence-electron chi connectivity index (χ2n) is 7.25. The number of ether oxygens (including phenoxy) is 2. The standard InChI is InChI=1S/C20H31N3O4/c1-5-6-7-8-13-26-19(25)23-17(21)16-11-9-15(10-12-16)14-22-18(24)27-20(2,3)4/h9-12H,5-8,13-14H2,1-4H3,(H,22,24)(H2,21,23,25). The van der Waals surface area contributed by atoms with Gasteiger partial charge >= 0.3 is 12.2 Å². The van der Waals surface area contributed by atoms with Crippen LogP contribution in [0, 0.1) is 5.41 Å². The van der Waals surface area contributed by atoms with Crippen LogP contribution in [0.4, 0.5) is 9.59 Å². The van der Waals surface area contributed by atoms with Crippen LogP contribution in [0.25, 0.3) is 0 Å². The minimum absolute atomic E-state index is 0.0276. The van der Waals surface area contributed by atoms with Gasteiger partial charge in [-0.05, 0) is 32.8 Å². The van der Waals surface area contributed by atoms with Gasteiger partial charge in [-0.3, -0.25) is 10.7 Å². The van der Waals surface area contributed by atoms with Crippen molar-refractivity contribution >= 4 is 18.0 Å². The van der Waals surface area contributed by atoms with Crippen molar-refractivity contribution in [3.05, 3.63) is 35.4 Å². The second-order valence-corrected chi connectivity index (χ2v) is 7.25. The number of hydrogen-bond acceptors (Lipinski definition) is 5. The maximum Gasteiger partial charge on any atom is 0.412 e. The highest BCUT2D eigenvalue weighted by molar-refractivity contribution is 6.04. The molecular weight excluding hydrogens is 346 g/mol. The minimum atomic E-state index is -0.618. The number of hydrogen-bond donors (Lipinski definition) is 3. The molecule has 0 atom stereocenters. The molecule has 0 radical (unpaired) electrons. The van der Waals surface area contributed by atoms with E-state index in [-0.39, 0.29) is 5.84 Å². The average Bonchev–Trinajstić information content (AvgIpc) is 2.58. The van der Waals surface area contributed by atoms with Gasteiger partial charge in [0.05, 0.1) is 6.61 Å². The number of unbranched alkanes of at least 4 members (excludes halogenated alkanes) is 3. The number of amidine groups is 1. The van der Waals surface area contributed by atoms with E-state index in [1.54, 1.807) is 45.0 Å². The largest absolute Gasteiger partial charge is 0.449 e. The lowest BCUT2D eigenvalue weighted by atomic mass is 10.1. The summed E-state index contributed by atoms with van der Waals surface area (Å²) in [6.45, 7) is 8.19. The van der Waals surface area contributed by atoms with Gasteiger partial charge in [-0.15, -0.1) is 0 Å². The summed E-state index contributed by atoms with van der Waals surface area (Å²) in [4.78, 5) is 23.3. The van der Waals surface area contributed by atoms with Gasteiger partial charge in [-0.25, -0.2) is 9.59 Å². The van der Waals surface area contributed by atoms with Gasteiger partial charge in [0.2, 0.25) is 0 Å². The van der Waals surface area contributed by atoms with E-state index in [1.165, 1.54) is 0 Å². The Morgan fingerprint density at radius 3 is 2.30 bits per heavy atom. The van der Waals surface area contributed by atoms with Gasteiger partial charge in [-0.1, -0.05) is 50.5 Å². The van der Waals surface area contributed by atoms with Crippen LogP contribution in [-0.4, -0.2) is 30.2 Å². The van der Waals surface area contributed by atoms with E-state index in [1.807, 2.05) is 0 Å². The smallest absolute Gasteiger partial charge is 0.412 e. The molecule has 7 heteroatoms. The molecular formula is C20H31N3O4. The molecule has 0 aliphatic heterocycles. The van der Waals surface area contributed by atoms with Crippen LogP contribution in [0.2, 0.25) is 0 Å². The normalized spacial score (nSPS) is 10.8. The highest BCUT2D eigenvalue weighted by Gasteiger charge is 2.15. The lowest BCUT2D eigenvalue weighted by molar-refractivity contribution is 0.0523. The molecule has 1 rings (SSSR count). The van der Waals surface area contributed by atoms with Crippen molar-refractivity contribution in [3.8, 4) is 0 Å². The topological polar surface area (TPSA) is 101 Å². The van der Waals surface area contributed by atoms with Crippen LogP contribution in [0.3, 0.4) is 0 Å². The molecule has 7 nitrogen and oxygen atoms in total. The fourth-order valence-electron chi connectivity index (χ4n) is 2.18. The molecule has 1 aromatic rings. The first-order valence-electron chi connectivity index (χ1n) is 9.29. The van der Waals surface area contributed by atoms with Gasteiger partial charge in [-0.2, -0.15) is 0 Å². The molecule has 150 valence electrons. The Morgan fingerprint density at radius 2 is 1.70 bits per heavy atom. The Labute approximate surface area is 161 Å². The third kappa shape index (κ3) is 10.2. The van der Waals surface area contributed by atoms with Gasteiger partial charge in [0.1, 0.15) is 11.4 Å². The number of rotatable bonds is 8. The third-order valence-corrected chi connectivity index (χ3v) is 3.54. The molecule has 0 bridgehead atoms. The van der Waals surface area contributed by atoms with E-state index >= 15 is 0 Å². The van der Waals surface area contributed by atoms with Gasteiger partial charge in [0.25, 0.3) is 0 Å². The maximum atomic E-state index is 11.7. The van der Waals surface area contributed by atoms with E-state index < -0.39 is 17.8 Å². The van der Waals surface area contributed by atoms with Crippen molar-refractivity contribution in [2.45, 2.75) is 65.5 Å². The second kappa shape index (κ2) is 11.2. The van der Waals surface area contributed by atoms with Crippen molar-refractivity contribution in [2.75, 3.05) is 6.61 Å². The summed E-state index contributed by atoms with van der Waals surface area (Å²) in [5.74, 6) is -0.0276. The lowest BCUT2D eigenvalue weighted by Crippen LogP contribution is -2.32. The van der Waals surface area contributed by atoms with Crippen molar-refractivity contribution in [2.24, 2.45) is 0 Å². The first-order chi connectivity index (χ1) is 12.7. The number of nitrogens with one attached hydrogen (secondary N) is 3. The molecule has 0 fully saturated rings. The van der Waals surface area contributed by atoms with Crippen molar-refractivity contribution in [1.82, 2.24) is 10.6 Å². The summed E-state index contributed by atoms with van der Waals surface area (Å²) in [5.41, 5.74) is 0.870. The minimum Gasteiger partial charge on any atom is -0.449 e. The Kier molecular flexibility index (Phi) is 9.33. The predicted molar refractivity (Wildman–Crippen MR) is 105 cm³/mol. The molecule has 0 aromatic heterocycles. The summed E-state index contributed by atoms with van der Waals surface area (Å²) in [5, 5.41) is 13.0. The number of amides is 2.